The lowest BCUT2D eigenvalue weighted by atomic mass is 10.00. The molecule has 8 heteroatoms. The van der Waals surface area contributed by atoms with Gasteiger partial charge in [-0.3, -0.25) is 9.36 Å². The molecule has 1 saturated heterocycles. The average Bonchev–Trinajstić information content (AvgIpc) is 3.08. The molecule has 4 aromatic rings. The number of nitrogens with zero attached hydrogens (tertiary/aromatic N) is 4. The van der Waals surface area contributed by atoms with Crippen LogP contribution in [0, 0.1) is 18.6 Å². The summed E-state index contributed by atoms with van der Waals surface area (Å²) in [4.78, 5) is 21.5. The smallest absolute Gasteiger partial charge is 0.264 e. The molecule has 1 aliphatic rings. The molecule has 3 aromatic heterocycles. The number of piperidine rings is 1. The fourth-order valence-electron chi connectivity index (χ4n) is 4.33. The highest BCUT2D eigenvalue weighted by Crippen LogP contribution is 2.27. The molecule has 0 aliphatic carbocycles. The summed E-state index contributed by atoms with van der Waals surface area (Å²) in [6.45, 7) is 4.65. The summed E-state index contributed by atoms with van der Waals surface area (Å²) in [5.74, 6) is -1.15. The van der Waals surface area contributed by atoms with Crippen LogP contribution in [0.4, 0.5) is 8.78 Å². The zero-order chi connectivity index (χ0) is 21.0. The number of nitrogens with one attached hydrogen (secondary N) is 1. The zero-order valence-electron chi connectivity index (χ0n) is 16.7. The molecule has 0 amide bonds. The van der Waals surface area contributed by atoms with Crippen LogP contribution in [-0.2, 0) is 0 Å². The Labute approximate surface area is 171 Å². The molecule has 0 spiro atoms. The lowest BCUT2D eigenvalue weighted by Crippen LogP contribution is -2.39. The van der Waals surface area contributed by atoms with E-state index < -0.39 is 11.6 Å². The molecular formula is C22H21F2N5O. The van der Waals surface area contributed by atoms with Crippen molar-refractivity contribution >= 4 is 16.6 Å². The molecule has 1 aromatic carbocycles. The molecule has 30 heavy (non-hydrogen) atoms. The molecule has 1 fully saturated rings. The number of imidazole rings is 1. The Balaban J connectivity index is 1.63. The summed E-state index contributed by atoms with van der Waals surface area (Å²) in [5, 5.41) is 3.31. The maximum Gasteiger partial charge on any atom is 0.264 e. The fourth-order valence-corrected chi connectivity index (χ4v) is 4.33. The van der Waals surface area contributed by atoms with Gasteiger partial charge in [0, 0.05) is 30.0 Å². The molecule has 2 atom stereocenters. The van der Waals surface area contributed by atoms with Crippen molar-refractivity contribution in [3.05, 3.63) is 64.6 Å². The number of hydrogen-bond donors (Lipinski definition) is 1. The summed E-state index contributed by atoms with van der Waals surface area (Å²) in [6.07, 6.45) is 6.48. The van der Waals surface area contributed by atoms with Crippen molar-refractivity contribution in [3.63, 3.8) is 0 Å². The number of pyridine rings is 1. The van der Waals surface area contributed by atoms with Crippen molar-refractivity contribution < 1.29 is 8.78 Å². The topological polar surface area (TPSA) is 64.2 Å². The van der Waals surface area contributed by atoms with Gasteiger partial charge in [0.1, 0.15) is 11.2 Å². The third-order valence-corrected chi connectivity index (χ3v) is 5.79. The van der Waals surface area contributed by atoms with Crippen LogP contribution in [0.3, 0.4) is 0 Å². The Bertz CT molecular complexity index is 1340. The lowest BCUT2D eigenvalue weighted by molar-refractivity contribution is 0.307. The van der Waals surface area contributed by atoms with E-state index in [1.165, 1.54) is 18.5 Å². The second-order valence-electron chi connectivity index (χ2n) is 8.03. The number of hydrogen-bond acceptors (Lipinski definition) is 4. The first-order chi connectivity index (χ1) is 14.4. The Hall–Kier alpha value is -3.13. The van der Waals surface area contributed by atoms with E-state index in [9.17, 15) is 9.18 Å². The first-order valence-electron chi connectivity index (χ1n) is 9.99. The van der Waals surface area contributed by atoms with Crippen LogP contribution in [0.2, 0.25) is 0 Å². The molecule has 154 valence electrons. The molecule has 6 nitrogen and oxygen atoms in total. The molecule has 0 unspecified atom stereocenters. The van der Waals surface area contributed by atoms with E-state index in [1.54, 1.807) is 34.4 Å². The number of halogens is 2. The monoisotopic (exact) mass is 409 g/mol. The van der Waals surface area contributed by atoms with Crippen molar-refractivity contribution in [1.29, 1.82) is 0 Å². The highest BCUT2D eigenvalue weighted by Gasteiger charge is 2.22. The second-order valence-corrected chi connectivity index (χ2v) is 8.03. The fraction of sp³-hybridized carbons (Fsp3) is 0.318. The van der Waals surface area contributed by atoms with Gasteiger partial charge in [-0.15, -0.1) is 0 Å². The molecule has 0 saturated carbocycles. The Kier molecular flexibility index (Phi) is 4.39. The minimum absolute atomic E-state index is 0.00860. The first-order valence-corrected chi connectivity index (χ1v) is 9.99. The number of aryl methyl sites for hydroxylation is 1. The van der Waals surface area contributed by atoms with Crippen molar-refractivity contribution in [2.24, 2.45) is 0 Å². The third-order valence-electron chi connectivity index (χ3n) is 5.79. The lowest BCUT2D eigenvalue weighted by Gasteiger charge is -2.29. The van der Waals surface area contributed by atoms with E-state index in [-0.39, 0.29) is 34.2 Å². The maximum atomic E-state index is 15.1. The van der Waals surface area contributed by atoms with Gasteiger partial charge < -0.3 is 9.72 Å². The van der Waals surface area contributed by atoms with Gasteiger partial charge in [-0.2, -0.15) is 0 Å². The molecule has 1 N–H and O–H groups in total. The van der Waals surface area contributed by atoms with Crippen LogP contribution in [0.15, 0.2) is 41.7 Å². The standard InChI is InChI=1S/C22H21F2N5O/c1-12-5-16(3-4-25-12)29-11-26-19-8-14(6-17(23)20(19)22(29)30)15-7-18(24)21-27-13(2)9-28(21)10-15/h6-12,16,25H,3-5H2,1-2H3/t12-,16+/m1/s1. The SMILES string of the molecule is Cc1cn2cc(-c3cc(F)c4c(=O)n([C@H]5CCN[C@H](C)C5)cnc4c3)cc(F)c2n1. The molecule has 1 aliphatic heterocycles. The van der Waals surface area contributed by atoms with Crippen LogP contribution in [0.5, 0.6) is 0 Å². The average molecular weight is 409 g/mol. The third kappa shape index (κ3) is 3.08. The molecule has 0 radical (unpaired) electrons. The van der Waals surface area contributed by atoms with E-state index in [0.29, 0.717) is 16.8 Å². The normalized spacial score (nSPS) is 19.6. The summed E-state index contributed by atoms with van der Waals surface area (Å²) < 4.78 is 32.6. The van der Waals surface area contributed by atoms with Crippen LogP contribution in [0.25, 0.3) is 27.7 Å². The quantitative estimate of drug-likeness (QED) is 0.549. The second kappa shape index (κ2) is 6.98. The molecule has 5 rings (SSSR count). The highest BCUT2D eigenvalue weighted by atomic mass is 19.1. The number of aromatic nitrogens is 4. The maximum absolute atomic E-state index is 15.1. The number of rotatable bonds is 2. The van der Waals surface area contributed by atoms with Gasteiger partial charge in [-0.05, 0) is 57.0 Å². The van der Waals surface area contributed by atoms with Gasteiger partial charge >= 0.3 is 0 Å². The van der Waals surface area contributed by atoms with Gasteiger partial charge in [0.25, 0.3) is 5.56 Å². The van der Waals surface area contributed by atoms with Gasteiger partial charge in [0.2, 0.25) is 0 Å². The Morgan fingerprint density at radius 1 is 1.13 bits per heavy atom. The summed E-state index contributed by atoms with van der Waals surface area (Å²) >= 11 is 0. The van der Waals surface area contributed by atoms with Crippen LogP contribution in [0.1, 0.15) is 31.5 Å². The number of fused-ring (bicyclic) bond motifs is 2. The first kappa shape index (κ1) is 18.9. The van der Waals surface area contributed by atoms with Crippen molar-refractivity contribution in [2.75, 3.05) is 6.54 Å². The van der Waals surface area contributed by atoms with E-state index in [0.717, 1.165) is 19.4 Å². The number of benzene rings is 1. The minimum Gasteiger partial charge on any atom is -0.314 e. The van der Waals surface area contributed by atoms with Crippen LogP contribution >= 0.6 is 0 Å². The summed E-state index contributed by atoms with van der Waals surface area (Å²) in [7, 11) is 0. The van der Waals surface area contributed by atoms with E-state index >= 15 is 4.39 Å². The van der Waals surface area contributed by atoms with Gasteiger partial charge in [-0.1, -0.05) is 0 Å². The molecular weight excluding hydrogens is 388 g/mol. The predicted molar refractivity (Wildman–Crippen MR) is 111 cm³/mol. The minimum atomic E-state index is -0.654. The van der Waals surface area contributed by atoms with Gasteiger partial charge in [-0.25, -0.2) is 18.7 Å². The Morgan fingerprint density at radius 3 is 2.73 bits per heavy atom. The summed E-state index contributed by atoms with van der Waals surface area (Å²) in [5.41, 5.74) is 1.72. The van der Waals surface area contributed by atoms with E-state index in [2.05, 4.69) is 22.2 Å². The van der Waals surface area contributed by atoms with E-state index in [1.807, 2.05) is 0 Å². The van der Waals surface area contributed by atoms with Crippen LogP contribution < -0.4 is 10.9 Å². The molecule has 0 bridgehead atoms. The zero-order valence-corrected chi connectivity index (χ0v) is 16.7. The van der Waals surface area contributed by atoms with Crippen LogP contribution in [-0.4, -0.2) is 31.5 Å². The largest absolute Gasteiger partial charge is 0.314 e. The van der Waals surface area contributed by atoms with Crippen molar-refractivity contribution in [2.45, 2.75) is 38.8 Å². The Morgan fingerprint density at radius 2 is 1.93 bits per heavy atom. The van der Waals surface area contributed by atoms with Gasteiger partial charge in [0.15, 0.2) is 11.5 Å². The van der Waals surface area contributed by atoms with E-state index in [4.69, 9.17) is 0 Å². The van der Waals surface area contributed by atoms with Gasteiger partial charge in [0.05, 0.1) is 17.5 Å². The van der Waals surface area contributed by atoms with Crippen molar-refractivity contribution in [3.8, 4) is 11.1 Å². The predicted octanol–water partition coefficient (Wildman–Crippen LogP) is 3.61. The van der Waals surface area contributed by atoms with Crippen molar-refractivity contribution in [1.82, 2.24) is 24.3 Å². The highest BCUT2D eigenvalue weighted by molar-refractivity contribution is 5.84. The summed E-state index contributed by atoms with van der Waals surface area (Å²) in [6, 6.07) is 4.49. The molecule has 4 heterocycles.